The van der Waals surface area contributed by atoms with Crippen LogP contribution in [0.2, 0.25) is 0 Å². The van der Waals surface area contributed by atoms with Crippen molar-refractivity contribution in [3.05, 3.63) is 29.3 Å². The van der Waals surface area contributed by atoms with E-state index in [1.165, 1.54) is 0 Å². The molecule has 9 heteroatoms. The van der Waals surface area contributed by atoms with Crippen molar-refractivity contribution in [1.82, 2.24) is 0 Å². The topological polar surface area (TPSA) is 26.3 Å². The van der Waals surface area contributed by atoms with Gasteiger partial charge in [0, 0.05) is 5.56 Å². The van der Waals surface area contributed by atoms with Gasteiger partial charge in [-0.15, -0.1) is 24.8 Å². The molecule has 0 bridgehead atoms. The summed E-state index contributed by atoms with van der Waals surface area (Å²) in [5.41, 5.74) is -2.34. The molecule has 0 aliphatic rings. The lowest BCUT2D eigenvalue weighted by molar-refractivity contribution is -0.274. The van der Waals surface area contributed by atoms with Crippen LogP contribution in [0.1, 0.15) is 15.9 Å². The van der Waals surface area contributed by atoms with Crippen LogP contribution < -0.4 is 4.74 Å². The smallest absolute Gasteiger partial charge is 0.406 e. The number of ketones is 1. The number of halogens is 7. The minimum Gasteiger partial charge on any atom is -0.406 e. The lowest BCUT2D eigenvalue weighted by Gasteiger charge is -2.14. The molecule has 0 saturated carbocycles. The Morgan fingerprint density at radius 3 is 2.16 bits per heavy atom. The average molecular weight is 307 g/mol. The molecule has 0 heterocycles. The highest BCUT2D eigenvalue weighted by molar-refractivity contribution is 6.30. The van der Waals surface area contributed by atoms with Gasteiger partial charge in [0.15, 0.2) is 5.78 Å². The van der Waals surface area contributed by atoms with E-state index >= 15 is 0 Å². The molecule has 1 rings (SSSR count). The van der Waals surface area contributed by atoms with Crippen molar-refractivity contribution in [2.75, 3.05) is 5.88 Å². The van der Waals surface area contributed by atoms with E-state index in [1.807, 2.05) is 0 Å². The van der Waals surface area contributed by atoms with E-state index in [2.05, 4.69) is 4.74 Å². The Morgan fingerprint density at radius 2 is 1.74 bits per heavy atom. The molecule has 0 aliphatic heterocycles. The summed E-state index contributed by atoms with van der Waals surface area (Å²) in [4.78, 5) is 11.2. The summed E-state index contributed by atoms with van der Waals surface area (Å²) in [6.07, 6.45) is -10.1. The number of ether oxygens (including phenoxy) is 1. The quantitative estimate of drug-likeness (QED) is 0.479. The second kappa shape index (κ2) is 5.28. The molecule has 0 atom stereocenters. The highest BCUT2D eigenvalue weighted by Crippen LogP contribution is 2.36. The molecular formula is C10H5ClF6O2. The van der Waals surface area contributed by atoms with Crippen molar-refractivity contribution < 1.29 is 35.9 Å². The SMILES string of the molecule is O=C(CCl)c1ccc(OC(F)(F)F)cc1C(F)(F)F. The number of hydrogen-bond acceptors (Lipinski definition) is 2. The fourth-order valence-corrected chi connectivity index (χ4v) is 1.41. The number of Topliss-reactive ketones (excluding diaryl/α,β-unsaturated/α-hetero) is 1. The van der Waals surface area contributed by atoms with Crippen molar-refractivity contribution in [3.63, 3.8) is 0 Å². The van der Waals surface area contributed by atoms with E-state index < -0.39 is 41.1 Å². The minimum atomic E-state index is -5.12. The molecule has 0 N–H and O–H groups in total. The Morgan fingerprint density at radius 1 is 1.16 bits per heavy atom. The second-order valence-corrected chi connectivity index (χ2v) is 3.58. The van der Waals surface area contributed by atoms with Crippen molar-refractivity contribution >= 4 is 17.4 Å². The molecule has 0 fully saturated rings. The first-order chi connectivity index (χ1) is 8.54. The zero-order valence-electron chi connectivity index (χ0n) is 8.90. The van der Waals surface area contributed by atoms with Crippen LogP contribution in [0.3, 0.4) is 0 Å². The fourth-order valence-electron chi connectivity index (χ4n) is 1.27. The highest BCUT2D eigenvalue weighted by Gasteiger charge is 2.37. The van der Waals surface area contributed by atoms with Gasteiger partial charge in [-0.3, -0.25) is 4.79 Å². The standard InChI is InChI=1S/C10H5ClF6O2/c11-4-8(18)6-2-1-5(19-10(15,16)17)3-7(6)9(12,13)14/h1-3H,4H2. The molecule has 2 nitrogen and oxygen atoms in total. The Labute approximate surface area is 107 Å². The van der Waals surface area contributed by atoms with E-state index in [0.717, 1.165) is 0 Å². The van der Waals surface area contributed by atoms with Crippen molar-refractivity contribution in [1.29, 1.82) is 0 Å². The maximum atomic E-state index is 12.6. The fraction of sp³-hybridized carbons (Fsp3) is 0.300. The molecule has 0 aromatic heterocycles. The predicted octanol–water partition coefficient (Wildman–Crippen LogP) is 4.03. The Kier molecular flexibility index (Phi) is 4.34. The van der Waals surface area contributed by atoms with Gasteiger partial charge < -0.3 is 4.74 Å². The van der Waals surface area contributed by atoms with Crippen LogP contribution in [0.4, 0.5) is 26.3 Å². The molecule has 19 heavy (non-hydrogen) atoms. The van der Waals surface area contributed by atoms with Crippen LogP contribution in [-0.4, -0.2) is 18.0 Å². The molecule has 106 valence electrons. The van der Waals surface area contributed by atoms with Crippen LogP contribution in [0, 0.1) is 0 Å². The van der Waals surface area contributed by atoms with Gasteiger partial charge >= 0.3 is 12.5 Å². The third-order valence-electron chi connectivity index (χ3n) is 1.95. The first kappa shape index (κ1) is 15.6. The Hall–Kier alpha value is -1.44. The van der Waals surface area contributed by atoms with Crippen LogP contribution in [0.5, 0.6) is 5.75 Å². The Balaban J connectivity index is 3.28. The summed E-state index contributed by atoms with van der Waals surface area (Å²) in [6, 6.07) is 1.31. The number of benzene rings is 1. The van der Waals surface area contributed by atoms with E-state index in [-0.39, 0.29) is 6.07 Å². The zero-order chi connectivity index (χ0) is 14.8. The summed E-state index contributed by atoms with van der Waals surface area (Å²) in [5.74, 6) is -2.83. The van der Waals surface area contributed by atoms with Gasteiger partial charge in [-0.25, -0.2) is 0 Å². The first-order valence-corrected chi connectivity index (χ1v) is 5.14. The third kappa shape index (κ3) is 4.30. The summed E-state index contributed by atoms with van der Waals surface area (Å²) in [7, 11) is 0. The van der Waals surface area contributed by atoms with Crippen LogP contribution in [-0.2, 0) is 6.18 Å². The van der Waals surface area contributed by atoms with Gasteiger partial charge in [0.2, 0.25) is 0 Å². The van der Waals surface area contributed by atoms with Gasteiger partial charge in [-0.1, -0.05) is 0 Å². The van der Waals surface area contributed by atoms with Crippen LogP contribution >= 0.6 is 11.6 Å². The zero-order valence-corrected chi connectivity index (χ0v) is 9.66. The summed E-state index contributed by atoms with van der Waals surface area (Å²) in [5, 5.41) is 0. The lowest BCUT2D eigenvalue weighted by atomic mass is 10.0. The van der Waals surface area contributed by atoms with Gasteiger partial charge in [-0.05, 0) is 18.2 Å². The Bertz CT molecular complexity index is 480. The molecule has 0 unspecified atom stereocenters. The van der Waals surface area contributed by atoms with Crippen LogP contribution in [0.25, 0.3) is 0 Å². The van der Waals surface area contributed by atoms with Gasteiger partial charge in [0.05, 0.1) is 11.4 Å². The normalized spacial score (nSPS) is 12.4. The van der Waals surface area contributed by atoms with Crippen molar-refractivity contribution in [2.45, 2.75) is 12.5 Å². The molecule has 0 spiro atoms. The third-order valence-corrected chi connectivity index (χ3v) is 2.19. The predicted molar refractivity (Wildman–Crippen MR) is 53.2 cm³/mol. The number of alkyl halides is 7. The molecular weight excluding hydrogens is 302 g/mol. The van der Waals surface area contributed by atoms with E-state index in [0.29, 0.717) is 12.1 Å². The summed E-state index contributed by atoms with van der Waals surface area (Å²) in [6.45, 7) is 0. The maximum absolute atomic E-state index is 12.6. The summed E-state index contributed by atoms with van der Waals surface area (Å²) >= 11 is 5.13. The summed E-state index contributed by atoms with van der Waals surface area (Å²) < 4.78 is 76.9. The number of carbonyl (C=O) groups excluding carboxylic acids is 1. The molecule has 0 amide bonds. The monoisotopic (exact) mass is 306 g/mol. The molecule has 0 aliphatic carbocycles. The molecule has 1 aromatic carbocycles. The van der Waals surface area contributed by atoms with E-state index in [1.54, 1.807) is 0 Å². The number of rotatable bonds is 3. The second-order valence-electron chi connectivity index (χ2n) is 3.31. The highest BCUT2D eigenvalue weighted by atomic mass is 35.5. The number of carbonyl (C=O) groups is 1. The van der Waals surface area contributed by atoms with Crippen molar-refractivity contribution in [2.24, 2.45) is 0 Å². The van der Waals surface area contributed by atoms with E-state index in [4.69, 9.17) is 11.6 Å². The maximum Gasteiger partial charge on any atom is 0.573 e. The average Bonchev–Trinajstić information content (AvgIpc) is 2.24. The van der Waals surface area contributed by atoms with Gasteiger partial charge in [0.25, 0.3) is 0 Å². The lowest BCUT2D eigenvalue weighted by Crippen LogP contribution is -2.19. The van der Waals surface area contributed by atoms with Crippen LogP contribution in [0.15, 0.2) is 18.2 Å². The largest absolute Gasteiger partial charge is 0.573 e. The number of hydrogen-bond donors (Lipinski definition) is 0. The van der Waals surface area contributed by atoms with E-state index in [9.17, 15) is 31.1 Å². The molecule has 1 aromatic rings. The first-order valence-electron chi connectivity index (χ1n) is 4.61. The minimum absolute atomic E-state index is 0.104. The molecule has 0 radical (unpaired) electrons. The van der Waals surface area contributed by atoms with Gasteiger partial charge in [-0.2, -0.15) is 13.2 Å². The van der Waals surface area contributed by atoms with Crippen molar-refractivity contribution in [3.8, 4) is 5.75 Å². The van der Waals surface area contributed by atoms with Gasteiger partial charge in [0.1, 0.15) is 5.75 Å². The molecule has 0 saturated heterocycles.